The summed E-state index contributed by atoms with van der Waals surface area (Å²) in [5.74, 6) is 1.20. The number of nitrogens with zero attached hydrogens (tertiary/aromatic N) is 1. The normalized spacial score (nSPS) is 16.0. The van der Waals surface area contributed by atoms with Crippen molar-refractivity contribution in [3.05, 3.63) is 54.2 Å². The molecule has 23 heavy (non-hydrogen) atoms. The molecule has 0 saturated heterocycles. The number of amides is 1. The number of carbonyl (C=O) groups is 1. The van der Waals surface area contributed by atoms with E-state index in [0.717, 1.165) is 37.0 Å². The van der Waals surface area contributed by atoms with E-state index in [4.69, 9.17) is 10.5 Å². The molecule has 1 fully saturated rings. The first-order chi connectivity index (χ1) is 11.2. The van der Waals surface area contributed by atoms with Gasteiger partial charge in [-0.3, -0.25) is 4.79 Å². The van der Waals surface area contributed by atoms with Crippen LogP contribution in [0.5, 0.6) is 11.6 Å². The topological polar surface area (TPSA) is 77.2 Å². The molecule has 5 heteroatoms. The van der Waals surface area contributed by atoms with Gasteiger partial charge >= 0.3 is 0 Å². The summed E-state index contributed by atoms with van der Waals surface area (Å²) < 4.78 is 5.64. The number of nitrogens with one attached hydrogen (secondary N) is 1. The highest BCUT2D eigenvalue weighted by atomic mass is 16.5. The number of hydrogen-bond donors (Lipinski definition) is 2. The van der Waals surface area contributed by atoms with Crippen LogP contribution in [0.4, 0.5) is 0 Å². The zero-order chi connectivity index (χ0) is 16.1. The van der Waals surface area contributed by atoms with Crippen molar-refractivity contribution in [3.8, 4) is 11.6 Å². The van der Waals surface area contributed by atoms with Crippen molar-refractivity contribution >= 4 is 5.91 Å². The Morgan fingerprint density at radius 3 is 2.57 bits per heavy atom. The largest absolute Gasteiger partial charge is 0.439 e. The quantitative estimate of drug-likeness (QED) is 0.890. The standard InChI is InChI=1S/C18H21N3O2/c19-18(10-4-5-11-18)17(22)21-13-14-8-9-16(20-12-14)23-15-6-2-1-3-7-15/h1-3,6-9,12H,4-5,10-11,13,19H2,(H,21,22). The molecule has 0 aliphatic heterocycles. The van der Waals surface area contributed by atoms with E-state index in [1.165, 1.54) is 0 Å². The molecule has 0 radical (unpaired) electrons. The molecule has 1 amide bonds. The Labute approximate surface area is 135 Å². The van der Waals surface area contributed by atoms with Gasteiger partial charge in [-0.05, 0) is 30.5 Å². The number of nitrogens with two attached hydrogens (primary N) is 1. The Morgan fingerprint density at radius 2 is 1.91 bits per heavy atom. The summed E-state index contributed by atoms with van der Waals surface area (Å²) in [6, 6.07) is 13.2. The van der Waals surface area contributed by atoms with Gasteiger partial charge in [0.2, 0.25) is 11.8 Å². The Hall–Kier alpha value is -2.40. The van der Waals surface area contributed by atoms with Gasteiger partial charge in [0.15, 0.2) is 0 Å². The Morgan fingerprint density at radius 1 is 1.17 bits per heavy atom. The van der Waals surface area contributed by atoms with Crippen molar-refractivity contribution in [2.75, 3.05) is 0 Å². The van der Waals surface area contributed by atoms with Crippen LogP contribution in [0.2, 0.25) is 0 Å². The van der Waals surface area contributed by atoms with Gasteiger partial charge in [0, 0.05) is 18.8 Å². The molecule has 3 N–H and O–H groups in total. The van der Waals surface area contributed by atoms with Gasteiger partial charge in [-0.2, -0.15) is 0 Å². The van der Waals surface area contributed by atoms with Gasteiger partial charge in [0.1, 0.15) is 5.75 Å². The van der Waals surface area contributed by atoms with Gasteiger partial charge in [-0.25, -0.2) is 4.98 Å². The maximum atomic E-state index is 12.2. The fourth-order valence-electron chi connectivity index (χ4n) is 2.78. The third kappa shape index (κ3) is 3.87. The van der Waals surface area contributed by atoms with Crippen LogP contribution in [0.3, 0.4) is 0 Å². The first-order valence-electron chi connectivity index (χ1n) is 7.91. The van der Waals surface area contributed by atoms with Crippen LogP contribution >= 0.6 is 0 Å². The third-order valence-electron chi connectivity index (χ3n) is 4.16. The molecule has 0 bridgehead atoms. The number of hydrogen-bond acceptors (Lipinski definition) is 4. The number of rotatable bonds is 5. The van der Waals surface area contributed by atoms with Gasteiger partial charge < -0.3 is 15.8 Å². The van der Waals surface area contributed by atoms with Crippen LogP contribution in [0, 0.1) is 0 Å². The van der Waals surface area contributed by atoms with Crippen molar-refractivity contribution in [1.82, 2.24) is 10.3 Å². The Kier molecular flexibility index (Phi) is 4.57. The summed E-state index contributed by atoms with van der Waals surface area (Å²) >= 11 is 0. The van der Waals surface area contributed by atoms with Crippen molar-refractivity contribution in [1.29, 1.82) is 0 Å². The van der Waals surface area contributed by atoms with E-state index in [2.05, 4.69) is 10.3 Å². The van der Waals surface area contributed by atoms with Crippen LogP contribution < -0.4 is 15.8 Å². The summed E-state index contributed by atoms with van der Waals surface area (Å²) in [4.78, 5) is 16.4. The zero-order valence-electron chi connectivity index (χ0n) is 13.0. The molecule has 1 heterocycles. The van der Waals surface area contributed by atoms with E-state index < -0.39 is 5.54 Å². The zero-order valence-corrected chi connectivity index (χ0v) is 13.0. The molecule has 120 valence electrons. The van der Waals surface area contributed by atoms with Crippen LogP contribution in [0.25, 0.3) is 0 Å². The van der Waals surface area contributed by atoms with Crippen molar-refractivity contribution in [2.45, 2.75) is 37.8 Å². The van der Waals surface area contributed by atoms with Gasteiger partial charge in [0.25, 0.3) is 0 Å². The number of aromatic nitrogens is 1. The number of pyridine rings is 1. The molecule has 1 saturated carbocycles. The summed E-state index contributed by atoms with van der Waals surface area (Å²) in [5, 5.41) is 2.91. The van der Waals surface area contributed by atoms with Crippen molar-refractivity contribution in [2.24, 2.45) is 5.73 Å². The lowest BCUT2D eigenvalue weighted by atomic mass is 9.98. The van der Waals surface area contributed by atoms with Crippen molar-refractivity contribution in [3.63, 3.8) is 0 Å². The highest BCUT2D eigenvalue weighted by Gasteiger charge is 2.36. The van der Waals surface area contributed by atoms with E-state index in [0.29, 0.717) is 12.4 Å². The van der Waals surface area contributed by atoms with Crippen LogP contribution in [-0.4, -0.2) is 16.4 Å². The first-order valence-corrected chi connectivity index (χ1v) is 7.91. The Bertz CT molecular complexity index is 650. The monoisotopic (exact) mass is 311 g/mol. The lowest BCUT2D eigenvalue weighted by molar-refractivity contribution is -0.126. The number of benzene rings is 1. The van der Waals surface area contributed by atoms with Crippen LogP contribution in [0.15, 0.2) is 48.7 Å². The van der Waals surface area contributed by atoms with E-state index in [-0.39, 0.29) is 5.91 Å². The average molecular weight is 311 g/mol. The highest BCUT2D eigenvalue weighted by molar-refractivity contribution is 5.86. The molecule has 0 unspecified atom stereocenters. The summed E-state index contributed by atoms with van der Waals surface area (Å²) in [7, 11) is 0. The summed E-state index contributed by atoms with van der Waals surface area (Å²) in [5.41, 5.74) is 6.36. The van der Waals surface area contributed by atoms with Gasteiger partial charge in [0.05, 0.1) is 5.54 Å². The maximum Gasteiger partial charge on any atom is 0.240 e. The summed E-state index contributed by atoms with van der Waals surface area (Å²) in [6.07, 6.45) is 5.28. The first kappa shape index (κ1) is 15.5. The molecular formula is C18H21N3O2. The smallest absolute Gasteiger partial charge is 0.240 e. The second-order valence-electron chi connectivity index (χ2n) is 5.97. The lowest BCUT2D eigenvalue weighted by Gasteiger charge is -2.22. The lowest BCUT2D eigenvalue weighted by Crippen LogP contribution is -2.51. The van der Waals surface area contributed by atoms with E-state index in [1.54, 1.807) is 12.3 Å². The molecule has 2 aromatic rings. The SMILES string of the molecule is NC1(C(=O)NCc2ccc(Oc3ccccc3)nc2)CCCC1. The Balaban J connectivity index is 1.54. The fourth-order valence-corrected chi connectivity index (χ4v) is 2.78. The molecule has 0 spiro atoms. The molecular weight excluding hydrogens is 290 g/mol. The molecule has 1 aliphatic rings. The molecule has 5 nitrogen and oxygen atoms in total. The molecule has 1 aromatic heterocycles. The predicted molar refractivity (Wildman–Crippen MR) is 88.0 cm³/mol. The van der Waals surface area contributed by atoms with E-state index >= 15 is 0 Å². The van der Waals surface area contributed by atoms with Crippen LogP contribution in [-0.2, 0) is 11.3 Å². The summed E-state index contributed by atoms with van der Waals surface area (Å²) in [6.45, 7) is 0.427. The average Bonchev–Trinajstić information content (AvgIpc) is 3.03. The fraction of sp³-hybridized carbons (Fsp3) is 0.333. The molecule has 1 aromatic carbocycles. The molecule has 0 atom stereocenters. The third-order valence-corrected chi connectivity index (χ3v) is 4.16. The predicted octanol–water partition coefficient (Wildman–Crippen LogP) is 2.76. The van der Waals surface area contributed by atoms with Gasteiger partial charge in [-0.15, -0.1) is 0 Å². The minimum Gasteiger partial charge on any atom is -0.439 e. The maximum absolute atomic E-state index is 12.2. The second kappa shape index (κ2) is 6.79. The van der Waals surface area contributed by atoms with Crippen LogP contribution in [0.1, 0.15) is 31.2 Å². The molecule has 3 rings (SSSR count). The highest BCUT2D eigenvalue weighted by Crippen LogP contribution is 2.27. The van der Waals surface area contributed by atoms with E-state index in [9.17, 15) is 4.79 Å². The number of ether oxygens (including phenoxy) is 1. The van der Waals surface area contributed by atoms with Crippen molar-refractivity contribution < 1.29 is 9.53 Å². The minimum atomic E-state index is -0.691. The second-order valence-corrected chi connectivity index (χ2v) is 5.97. The van der Waals surface area contributed by atoms with Gasteiger partial charge in [-0.1, -0.05) is 37.1 Å². The van der Waals surface area contributed by atoms with E-state index in [1.807, 2.05) is 36.4 Å². The minimum absolute atomic E-state index is 0.0698. The number of para-hydroxylation sites is 1. The number of carbonyl (C=O) groups excluding carboxylic acids is 1. The molecule has 1 aliphatic carbocycles.